The zero-order valence-electron chi connectivity index (χ0n) is 12.7. The van der Waals surface area contributed by atoms with Crippen molar-refractivity contribution in [3.05, 3.63) is 35.4 Å². The average molecular weight is 313 g/mol. The van der Waals surface area contributed by atoms with Gasteiger partial charge in [-0.2, -0.15) is 0 Å². The van der Waals surface area contributed by atoms with Gasteiger partial charge < -0.3 is 5.11 Å². The van der Waals surface area contributed by atoms with Crippen molar-refractivity contribution >= 4 is 16.0 Å². The second-order valence-corrected chi connectivity index (χ2v) is 8.16. The predicted octanol–water partition coefficient (Wildman–Crippen LogP) is 2.28. The van der Waals surface area contributed by atoms with Crippen LogP contribution in [0.2, 0.25) is 0 Å². The Balaban J connectivity index is 2.56. The first-order valence-corrected chi connectivity index (χ1v) is 8.54. The number of sulfonamides is 1. The van der Waals surface area contributed by atoms with Crippen LogP contribution in [0.1, 0.15) is 43.1 Å². The molecule has 0 aromatic heterocycles. The van der Waals surface area contributed by atoms with Crippen molar-refractivity contribution < 1.29 is 18.3 Å². The van der Waals surface area contributed by atoms with E-state index >= 15 is 0 Å². The highest BCUT2D eigenvalue weighted by Crippen LogP contribution is 2.18. The van der Waals surface area contributed by atoms with Gasteiger partial charge in [-0.15, -0.1) is 0 Å². The smallest absolute Gasteiger partial charge is 0.335 e. The van der Waals surface area contributed by atoms with Crippen LogP contribution in [0.4, 0.5) is 0 Å². The van der Waals surface area contributed by atoms with Gasteiger partial charge in [-0.3, -0.25) is 0 Å². The molecule has 0 heterocycles. The molecule has 21 heavy (non-hydrogen) atoms. The molecule has 0 radical (unpaired) electrons. The maximum Gasteiger partial charge on any atom is 0.335 e. The molecule has 0 atom stereocenters. The molecule has 5 nitrogen and oxygen atoms in total. The fourth-order valence-corrected chi connectivity index (χ4v) is 3.24. The molecule has 0 aliphatic rings. The van der Waals surface area contributed by atoms with Crippen molar-refractivity contribution in [1.82, 2.24) is 4.72 Å². The third-order valence-electron chi connectivity index (χ3n) is 3.08. The lowest BCUT2D eigenvalue weighted by molar-refractivity contribution is 0.0695. The number of aromatic carboxylic acids is 1. The van der Waals surface area contributed by atoms with Gasteiger partial charge in [0.25, 0.3) is 0 Å². The van der Waals surface area contributed by atoms with Crippen LogP contribution in [0.15, 0.2) is 24.3 Å². The molecule has 0 amide bonds. The lowest BCUT2D eigenvalue weighted by Crippen LogP contribution is -2.30. The number of hydrogen-bond donors (Lipinski definition) is 2. The molecule has 2 N–H and O–H groups in total. The summed E-state index contributed by atoms with van der Waals surface area (Å²) in [5.74, 6) is -0.918. The molecule has 0 unspecified atom stereocenters. The van der Waals surface area contributed by atoms with E-state index in [-0.39, 0.29) is 23.3 Å². The van der Waals surface area contributed by atoms with E-state index in [1.807, 2.05) is 20.8 Å². The standard InChI is InChI=1S/C15H23NO4S/c1-15(2,3)9-11-21(19,20)16-10-8-12-6-4-5-7-13(12)14(17)18/h4-7,16H,8-11H2,1-3H3,(H,17,18). The SMILES string of the molecule is CC(C)(C)CCS(=O)(=O)NCCc1ccccc1C(=O)O. The molecule has 118 valence electrons. The Morgan fingerprint density at radius 1 is 1.24 bits per heavy atom. The topological polar surface area (TPSA) is 83.5 Å². The Labute approximate surface area is 126 Å². The molecule has 1 aromatic carbocycles. The third-order valence-corrected chi connectivity index (χ3v) is 4.47. The highest BCUT2D eigenvalue weighted by molar-refractivity contribution is 7.89. The molecule has 0 spiro atoms. The van der Waals surface area contributed by atoms with Crippen molar-refractivity contribution in [1.29, 1.82) is 0 Å². The number of hydrogen-bond acceptors (Lipinski definition) is 3. The van der Waals surface area contributed by atoms with Crippen LogP contribution in [0, 0.1) is 5.41 Å². The minimum absolute atomic E-state index is 0.0370. The molecule has 0 aliphatic heterocycles. The summed E-state index contributed by atoms with van der Waals surface area (Å²) in [5.41, 5.74) is 0.805. The fraction of sp³-hybridized carbons (Fsp3) is 0.533. The van der Waals surface area contributed by atoms with Crippen LogP contribution in [0.5, 0.6) is 0 Å². The minimum atomic E-state index is -3.32. The van der Waals surface area contributed by atoms with E-state index in [4.69, 9.17) is 5.11 Å². The maximum absolute atomic E-state index is 11.9. The molecule has 1 aromatic rings. The van der Waals surface area contributed by atoms with E-state index in [1.165, 1.54) is 6.07 Å². The van der Waals surface area contributed by atoms with E-state index in [0.717, 1.165) is 0 Å². The van der Waals surface area contributed by atoms with Crippen molar-refractivity contribution in [2.24, 2.45) is 5.41 Å². The van der Waals surface area contributed by atoms with Crippen molar-refractivity contribution in [2.45, 2.75) is 33.6 Å². The second-order valence-electron chi connectivity index (χ2n) is 6.24. The van der Waals surface area contributed by atoms with Gasteiger partial charge >= 0.3 is 5.97 Å². The van der Waals surface area contributed by atoms with Gasteiger partial charge in [0.2, 0.25) is 10.0 Å². The number of carboxylic acid groups (broad SMARTS) is 1. The van der Waals surface area contributed by atoms with Gasteiger partial charge in [0.05, 0.1) is 11.3 Å². The van der Waals surface area contributed by atoms with Crippen LogP contribution >= 0.6 is 0 Å². The Morgan fingerprint density at radius 3 is 2.43 bits per heavy atom. The zero-order chi connectivity index (χ0) is 16.1. The summed E-state index contributed by atoms with van der Waals surface area (Å²) in [6.07, 6.45) is 0.936. The minimum Gasteiger partial charge on any atom is -0.478 e. The molecule has 6 heteroatoms. The van der Waals surface area contributed by atoms with Crippen molar-refractivity contribution in [3.63, 3.8) is 0 Å². The maximum atomic E-state index is 11.9. The molecule has 0 saturated heterocycles. The van der Waals surface area contributed by atoms with Crippen LogP contribution in [-0.2, 0) is 16.4 Å². The lowest BCUT2D eigenvalue weighted by Gasteiger charge is -2.18. The van der Waals surface area contributed by atoms with E-state index in [9.17, 15) is 13.2 Å². The normalized spacial score (nSPS) is 12.3. The first-order valence-electron chi connectivity index (χ1n) is 6.89. The quantitative estimate of drug-likeness (QED) is 0.809. The van der Waals surface area contributed by atoms with Crippen LogP contribution in [0.25, 0.3) is 0 Å². The number of nitrogens with one attached hydrogen (secondary N) is 1. The monoisotopic (exact) mass is 313 g/mol. The van der Waals surface area contributed by atoms with Crippen molar-refractivity contribution in [3.8, 4) is 0 Å². The fourth-order valence-electron chi connectivity index (χ4n) is 1.80. The average Bonchev–Trinajstić information content (AvgIpc) is 2.36. The van der Waals surface area contributed by atoms with Gasteiger partial charge in [0, 0.05) is 6.54 Å². The molecule has 0 aliphatic carbocycles. The lowest BCUT2D eigenvalue weighted by atomic mass is 9.94. The van der Waals surface area contributed by atoms with Gasteiger partial charge in [0.15, 0.2) is 0 Å². The Hall–Kier alpha value is -1.40. The molecule has 0 fully saturated rings. The van der Waals surface area contributed by atoms with E-state index < -0.39 is 16.0 Å². The first-order chi connectivity index (χ1) is 9.61. The van der Waals surface area contributed by atoms with Crippen molar-refractivity contribution in [2.75, 3.05) is 12.3 Å². The summed E-state index contributed by atoms with van der Waals surface area (Å²) in [6.45, 7) is 6.18. The van der Waals surface area contributed by atoms with Crippen LogP contribution in [0.3, 0.4) is 0 Å². The van der Waals surface area contributed by atoms with Gasteiger partial charge in [0.1, 0.15) is 0 Å². The Morgan fingerprint density at radius 2 is 1.86 bits per heavy atom. The van der Waals surface area contributed by atoms with E-state index in [1.54, 1.807) is 18.2 Å². The predicted molar refractivity (Wildman–Crippen MR) is 83.0 cm³/mol. The summed E-state index contributed by atoms with van der Waals surface area (Å²) in [6, 6.07) is 6.62. The zero-order valence-corrected chi connectivity index (χ0v) is 13.5. The largest absolute Gasteiger partial charge is 0.478 e. The molecular weight excluding hydrogens is 290 g/mol. The van der Waals surface area contributed by atoms with Gasteiger partial charge in [-0.1, -0.05) is 39.0 Å². The summed E-state index contributed by atoms with van der Waals surface area (Å²) in [5, 5.41) is 9.06. The van der Waals surface area contributed by atoms with Gasteiger partial charge in [-0.25, -0.2) is 17.9 Å². The van der Waals surface area contributed by atoms with Crippen LogP contribution < -0.4 is 4.72 Å². The summed E-state index contributed by atoms with van der Waals surface area (Å²) in [7, 11) is -3.32. The molecule has 1 rings (SSSR count). The highest BCUT2D eigenvalue weighted by Gasteiger charge is 2.17. The second kappa shape index (κ2) is 7.04. The summed E-state index contributed by atoms with van der Waals surface area (Å²) in [4.78, 5) is 11.1. The van der Waals surface area contributed by atoms with E-state index in [0.29, 0.717) is 18.4 Å². The Kier molecular flexibility index (Phi) is 5.92. The summed E-state index contributed by atoms with van der Waals surface area (Å²) < 4.78 is 26.2. The first kappa shape index (κ1) is 17.7. The Bertz CT molecular complexity index is 588. The molecule has 0 saturated carbocycles. The number of carboxylic acids is 1. The van der Waals surface area contributed by atoms with Crippen LogP contribution in [-0.4, -0.2) is 31.8 Å². The number of rotatable bonds is 7. The summed E-state index contributed by atoms with van der Waals surface area (Å²) >= 11 is 0. The van der Waals surface area contributed by atoms with Gasteiger partial charge in [-0.05, 0) is 29.9 Å². The van der Waals surface area contributed by atoms with E-state index in [2.05, 4.69) is 4.72 Å². The highest BCUT2D eigenvalue weighted by atomic mass is 32.2. The molecular formula is C15H23NO4S. The third kappa shape index (κ3) is 6.73. The number of benzene rings is 1. The molecule has 0 bridgehead atoms. The number of carbonyl (C=O) groups is 1.